The molecule has 3 atom stereocenters. The van der Waals surface area contributed by atoms with Crippen molar-refractivity contribution in [3.05, 3.63) is 0 Å². The molecule has 3 unspecified atom stereocenters. The Morgan fingerprint density at radius 2 is 1.63 bits per heavy atom. The molecule has 0 radical (unpaired) electrons. The van der Waals surface area contributed by atoms with E-state index >= 15 is 0 Å². The SMILES string of the molecule is CCCCCC(CC(=O)NO)C(=O)NC(CC(C)C)C(=O)NC(C)C(N)=O. The molecule has 9 nitrogen and oxygen atoms in total. The summed E-state index contributed by atoms with van der Waals surface area (Å²) in [6.45, 7) is 7.30. The van der Waals surface area contributed by atoms with Gasteiger partial charge in [-0.1, -0.05) is 40.0 Å². The molecule has 0 fully saturated rings. The van der Waals surface area contributed by atoms with Crippen molar-refractivity contribution in [1.29, 1.82) is 0 Å². The van der Waals surface area contributed by atoms with Crippen molar-refractivity contribution in [3.8, 4) is 0 Å². The van der Waals surface area contributed by atoms with Crippen molar-refractivity contribution in [2.24, 2.45) is 17.6 Å². The van der Waals surface area contributed by atoms with Crippen molar-refractivity contribution in [2.75, 3.05) is 0 Å². The van der Waals surface area contributed by atoms with E-state index in [1.807, 2.05) is 20.8 Å². The fourth-order valence-corrected chi connectivity index (χ4v) is 2.61. The molecule has 9 heteroatoms. The summed E-state index contributed by atoms with van der Waals surface area (Å²) in [5, 5.41) is 13.9. The molecular formula is C18H34N4O5. The van der Waals surface area contributed by atoms with Gasteiger partial charge in [0.15, 0.2) is 0 Å². The summed E-state index contributed by atoms with van der Waals surface area (Å²) >= 11 is 0. The maximum Gasteiger partial charge on any atom is 0.244 e. The van der Waals surface area contributed by atoms with Crippen LogP contribution in [0.5, 0.6) is 0 Å². The smallest absolute Gasteiger partial charge is 0.244 e. The first-order valence-corrected chi connectivity index (χ1v) is 9.45. The highest BCUT2D eigenvalue weighted by molar-refractivity contribution is 5.92. The van der Waals surface area contributed by atoms with Crippen LogP contribution in [0.3, 0.4) is 0 Å². The normalized spacial score (nSPS) is 14.1. The molecule has 0 heterocycles. The van der Waals surface area contributed by atoms with Gasteiger partial charge in [0.2, 0.25) is 23.6 Å². The Balaban J connectivity index is 5.13. The second-order valence-corrected chi connectivity index (χ2v) is 7.26. The Morgan fingerprint density at radius 3 is 2.11 bits per heavy atom. The van der Waals surface area contributed by atoms with E-state index in [-0.39, 0.29) is 12.3 Å². The number of amides is 4. The van der Waals surface area contributed by atoms with Gasteiger partial charge in [-0.2, -0.15) is 0 Å². The third-order valence-corrected chi connectivity index (χ3v) is 4.21. The molecule has 156 valence electrons. The van der Waals surface area contributed by atoms with Crippen LogP contribution in [-0.2, 0) is 19.2 Å². The summed E-state index contributed by atoms with van der Waals surface area (Å²) in [6.07, 6.45) is 3.31. The third kappa shape index (κ3) is 10.5. The van der Waals surface area contributed by atoms with E-state index in [2.05, 4.69) is 10.6 Å². The van der Waals surface area contributed by atoms with Crippen LogP contribution in [0.25, 0.3) is 0 Å². The first-order chi connectivity index (χ1) is 12.6. The summed E-state index contributed by atoms with van der Waals surface area (Å²) in [5.74, 6) is -2.79. The van der Waals surface area contributed by atoms with Crippen LogP contribution in [0, 0.1) is 11.8 Å². The zero-order chi connectivity index (χ0) is 21.0. The summed E-state index contributed by atoms with van der Waals surface area (Å²) in [6, 6.07) is -1.70. The monoisotopic (exact) mass is 386 g/mol. The molecule has 0 aromatic rings. The number of carbonyl (C=O) groups is 4. The molecule has 0 aliphatic carbocycles. The van der Waals surface area contributed by atoms with Gasteiger partial charge in [0, 0.05) is 12.3 Å². The minimum absolute atomic E-state index is 0.115. The highest BCUT2D eigenvalue weighted by atomic mass is 16.5. The van der Waals surface area contributed by atoms with Crippen molar-refractivity contribution < 1.29 is 24.4 Å². The Morgan fingerprint density at radius 1 is 1.00 bits per heavy atom. The molecule has 6 N–H and O–H groups in total. The highest BCUT2D eigenvalue weighted by Gasteiger charge is 2.28. The van der Waals surface area contributed by atoms with Gasteiger partial charge in [0.05, 0.1) is 0 Å². The van der Waals surface area contributed by atoms with E-state index in [9.17, 15) is 19.2 Å². The maximum absolute atomic E-state index is 12.7. The van der Waals surface area contributed by atoms with Gasteiger partial charge < -0.3 is 16.4 Å². The Bertz CT molecular complexity index is 510. The van der Waals surface area contributed by atoms with Crippen LogP contribution in [0.1, 0.15) is 66.2 Å². The number of unbranched alkanes of at least 4 members (excludes halogenated alkanes) is 2. The van der Waals surface area contributed by atoms with Crippen molar-refractivity contribution in [1.82, 2.24) is 16.1 Å². The van der Waals surface area contributed by atoms with Crippen LogP contribution < -0.4 is 21.8 Å². The fourth-order valence-electron chi connectivity index (χ4n) is 2.61. The first kappa shape index (κ1) is 24.8. The average Bonchev–Trinajstić information content (AvgIpc) is 2.59. The van der Waals surface area contributed by atoms with E-state index in [0.717, 1.165) is 19.3 Å². The van der Waals surface area contributed by atoms with Crippen molar-refractivity contribution in [3.63, 3.8) is 0 Å². The number of hydrogen-bond donors (Lipinski definition) is 5. The summed E-state index contributed by atoms with van der Waals surface area (Å²) in [4.78, 5) is 47.8. The van der Waals surface area contributed by atoms with E-state index in [1.54, 1.807) is 0 Å². The topological polar surface area (TPSA) is 151 Å². The molecule has 0 aromatic carbocycles. The average molecular weight is 386 g/mol. The first-order valence-electron chi connectivity index (χ1n) is 9.45. The fraction of sp³-hybridized carbons (Fsp3) is 0.778. The molecule has 0 aliphatic heterocycles. The number of hydrogen-bond acceptors (Lipinski definition) is 5. The van der Waals surface area contributed by atoms with Gasteiger partial charge >= 0.3 is 0 Å². The summed E-state index contributed by atoms with van der Waals surface area (Å²) in [5.41, 5.74) is 6.70. The lowest BCUT2D eigenvalue weighted by atomic mass is 9.95. The van der Waals surface area contributed by atoms with E-state index in [1.165, 1.54) is 12.4 Å². The summed E-state index contributed by atoms with van der Waals surface area (Å²) < 4.78 is 0. The Labute approximate surface area is 160 Å². The van der Waals surface area contributed by atoms with Crippen molar-refractivity contribution in [2.45, 2.75) is 78.3 Å². The molecule has 0 saturated carbocycles. The molecule has 0 spiro atoms. The lowest BCUT2D eigenvalue weighted by molar-refractivity contribution is -0.136. The van der Waals surface area contributed by atoms with Gasteiger partial charge in [-0.15, -0.1) is 0 Å². The lowest BCUT2D eigenvalue weighted by Gasteiger charge is -2.24. The van der Waals surface area contributed by atoms with Gasteiger partial charge in [-0.05, 0) is 25.7 Å². The minimum Gasteiger partial charge on any atom is -0.368 e. The van der Waals surface area contributed by atoms with Crippen LogP contribution in [-0.4, -0.2) is 40.9 Å². The molecule has 0 saturated heterocycles. The van der Waals surface area contributed by atoms with Crippen LogP contribution in [0.2, 0.25) is 0 Å². The van der Waals surface area contributed by atoms with E-state index in [0.29, 0.717) is 12.8 Å². The number of hydroxylamine groups is 1. The van der Waals surface area contributed by atoms with Gasteiger partial charge in [-0.25, -0.2) is 5.48 Å². The predicted octanol–water partition coefficient (Wildman–Crippen LogP) is 0.599. The number of nitrogens with one attached hydrogen (secondary N) is 3. The van der Waals surface area contributed by atoms with E-state index < -0.39 is 41.6 Å². The van der Waals surface area contributed by atoms with Gasteiger partial charge in [0.1, 0.15) is 12.1 Å². The second kappa shape index (κ2) is 13.1. The second-order valence-electron chi connectivity index (χ2n) is 7.26. The Hall–Kier alpha value is -2.16. The standard InChI is InChI=1S/C18H34N4O5/c1-5-6-7-8-13(10-15(23)22-27)17(25)21-14(9-11(2)3)18(26)20-12(4)16(19)24/h11-14,27H,5-10H2,1-4H3,(H2,19,24)(H,20,26)(H,21,25)(H,22,23). The highest BCUT2D eigenvalue weighted by Crippen LogP contribution is 2.16. The number of rotatable bonds is 13. The van der Waals surface area contributed by atoms with Crippen molar-refractivity contribution >= 4 is 23.6 Å². The molecule has 27 heavy (non-hydrogen) atoms. The zero-order valence-corrected chi connectivity index (χ0v) is 16.7. The van der Waals surface area contributed by atoms with Gasteiger partial charge in [0.25, 0.3) is 0 Å². The van der Waals surface area contributed by atoms with Crippen LogP contribution in [0.15, 0.2) is 0 Å². The zero-order valence-electron chi connectivity index (χ0n) is 16.7. The number of nitrogens with two attached hydrogens (primary N) is 1. The summed E-state index contributed by atoms with van der Waals surface area (Å²) in [7, 11) is 0. The number of carbonyl (C=O) groups excluding carboxylic acids is 4. The lowest BCUT2D eigenvalue weighted by Crippen LogP contribution is -2.53. The minimum atomic E-state index is -0.857. The van der Waals surface area contributed by atoms with Gasteiger partial charge in [-0.3, -0.25) is 24.4 Å². The number of primary amides is 1. The molecular weight excluding hydrogens is 352 g/mol. The van der Waals surface area contributed by atoms with Crippen LogP contribution in [0.4, 0.5) is 0 Å². The van der Waals surface area contributed by atoms with Crippen LogP contribution >= 0.6 is 0 Å². The van der Waals surface area contributed by atoms with E-state index in [4.69, 9.17) is 10.9 Å². The Kier molecular flexibility index (Phi) is 12.0. The molecule has 4 amide bonds. The third-order valence-electron chi connectivity index (χ3n) is 4.21. The molecule has 0 aliphatic rings. The maximum atomic E-state index is 12.7. The predicted molar refractivity (Wildman–Crippen MR) is 100 cm³/mol. The quantitative estimate of drug-likeness (QED) is 0.178. The molecule has 0 aromatic heterocycles. The largest absolute Gasteiger partial charge is 0.368 e. The molecule has 0 bridgehead atoms. The molecule has 0 rings (SSSR count).